The topological polar surface area (TPSA) is 48.5 Å². The van der Waals surface area contributed by atoms with E-state index < -0.39 is 11.7 Å². The Bertz CT molecular complexity index is 921. The van der Waals surface area contributed by atoms with Crippen LogP contribution in [-0.2, 0) is 19.8 Å². The molecule has 3 heterocycles. The van der Waals surface area contributed by atoms with Gasteiger partial charge in [-0.1, -0.05) is 13.3 Å². The molecule has 3 aromatic heterocycles. The zero-order valence-corrected chi connectivity index (χ0v) is 14.6. The molecule has 8 heteroatoms. The Morgan fingerprint density at radius 3 is 2.48 bits per heavy atom. The van der Waals surface area contributed by atoms with Crippen molar-refractivity contribution in [1.82, 2.24) is 24.5 Å². The molecule has 0 aliphatic carbocycles. The Morgan fingerprint density at radius 2 is 1.92 bits per heavy atom. The predicted octanol–water partition coefficient (Wildman–Crippen LogP) is 4.27. The lowest BCUT2D eigenvalue weighted by molar-refractivity contribution is -0.136. The number of unbranched alkanes of at least 4 members (excludes halogenated alkanes) is 1. The van der Waals surface area contributed by atoms with Crippen LogP contribution in [-0.4, -0.2) is 24.5 Å². The van der Waals surface area contributed by atoms with Gasteiger partial charge in [-0.3, -0.25) is 4.68 Å². The third kappa shape index (κ3) is 3.01. The molecule has 0 bridgehead atoms. The minimum absolute atomic E-state index is 0.0777. The van der Waals surface area contributed by atoms with Gasteiger partial charge in [-0.05, 0) is 26.3 Å². The third-order valence-corrected chi connectivity index (χ3v) is 4.42. The summed E-state index contributed by atoms with van der Waals surface area (Å²) in [5, 5.41) is 8.49. The second-order valence-corrected chi connectivity index (χ2v) is 6.18. The van der Waals surface area contributed by atoms with Gasteiger partial charge in [-0.25, -0.2) is 9.67 Å². The van der Waals surface area contributed by atoms with Gasteiger partial charge in [-0.15, -0.1) is 0 Å². The first-order valence-corrected chi connectivity index (χ1v) is 8.18. The fraction of sp³-hybridized carbons (Fsp3) is 0.471. The van der Waals surface area contributed by atoms with E-state index in [1.54, 1.807) is 36.5 Å². The van der Waals surface area contributed by atoms with Crippen molar-refractivity contribution in [2.24, 2.45) is 7.05 Å². The summed E-state index contributed by atoms with van der Waals surface area (Å²) in [5.41, 5.74) is 1.55. The second-order valence-electron chi connectivity index (χ2n) is 6.18. The Labute approximate surface area is 143 Å². The first-order valence-electron chi connectivity index (χ1n) is 8.18. The lowest BCUT2D eigenvalue weighted by Crippen LogP contribution is -2.08. The van der Waals surface area contributed by atoms with Crippen LogP contribution in [0.15, 0.2) is 12.3 Å². The van der Waals surface area contributed by atoms with E-state index in [0.29, 0.717) is 17.8 Å². The number of hydrogen-bond acceptors (Lipinski definition) is 3. The Morgan fingerprint density at radius 1 is 1.20 bits per heavy atom. The van der Waals surface area contributed by atoms with Gasteiger partial charge in [0.1, 0.15) is 0 Å². The molecule has 25 heavy (non-hydrogen) atoms. The molecule has 0 saturated heterocycles. The van der Waals surface area contributed by atoms with Crippen LogP contribution >= 0.6 is 0 Å². The van der Waals surface area contributed by atoms with Crippen LogP contribution < -0.4 is 0 Å². The van der Waals surface area contributed by atoms with E-state index in [9.17, 15) is 13.2 Å². The normalized spacial score (nSPS) is 12.3. The van der Waals surface area contributed by atoms with Crippen LogP contribution in [0.25, 0.3) is 22.3 Å². The molecule has 0 aliphatic heterocycles. The molecule has 3 aromatic rings. The second kappa shape index (κ2) is 6.16. The standard InChI is InChI=1S/C17H20F3N5/c1-5-6-7-25-16-15(10(2)23-25)13(17(18,19)20)8-14(22-16)12-9-21-24(4)11(12)3/h8-9H,5-7H2,1-4H3. The number of alkyl halides is 3. The van der Waals surface area contributed by atoms with Crippen LogP contribution in [0.3, 0.4) is 0 Å². The highest BCUT2D eigenvalue weighted by atomic mass is 19.4. The molecule has 0 aromatic carbocycles. The first-order chi connectivity index (χ1) is 11.7. The average Bonchev–Trinajstić information content (AvgIpc) is 3.04. The van der Waals surface area contributed by atoms with E-state index in [0.717, 1.165) is 24.6 Å². The summed E-state index contributed by atoms with van der Waals surface area (Å²) in [7, 11) is 1.75. The number of aromatic nitrogens is 5. The van der Waals surface area contributed by atoms with Crippen molar-refractivity contribution < 1.29 is 13.2 Å². The molecule has 0 radical (unpaired) electrons. The fourth-order valence-electron chi connectivity index (χ4n) is 2.93. The fourth-order valence-corrected chi connectivity index (χ4v) is 2.93. The van der Waals surface area contributed by atoms with Crippen molar-refractivity contribution >= 4 is 11.0 Å². The molecule has 0 amide bonds. The maximum absolute atomic E-state index is 13.7. The van der Waals surface area contributed by atoms with Crippen molar-refractivity contribution in [3.8, 4) is 11.3 Å². The lowest BCUT2D eigenvalue weighted by atomic mass is 10.1. The van der Waals surface area contributed by atoms with Crippen molar-refractivity contribution in [2.75, 3.05) is 0 Å². The number of halogens is 3. The van der Waals surface area contributed by atoms with Crippen molar-refractivity contribution in [1.29, 1.82) is 0 Å². The van der Waals surface area contributed by atoms with Crippen LogP contribution in [0, 0.1) is 13.8 Å². The van der Waals surface area contributed by atoms with Crippen molar-refractivity contribution in [3.05, 3.63) is 29.2 Å². The average molecular weight is 351 g/mol. The van der Waals surface area contributed by atoms with E-state index in [2.05, 4.69) is 15.2 Å². The molecule has 0 spiro atoms. The SMILES string of the molecule is CCCCn1nc(C)c2c(C(F)(F)F)cc(-c3cnn(C)c3C)nc21. The molecule has 0 N–H and O–H groups in total. The molecule has 0 saturated carbocycles. The summed E-state index contributed by atoms with van der Waals surface area (Å²) in [6.45, 7) is 5.97. The van der Waals surface area contributed by atoms with E-state index >= 15 is 0 Å². The van der Waals surface area contributed by atoms with Gasteiger partial charge in [0.2, 0.25) is 0 Å². The maximum atomic E-state index is 13.7. The van der Waals surface area contributed by atoms with Crippen LogP contribution in [0.1, 0.15) is 36.7 Å². The highest BCUT2D eigenvalue weighted by Crippen LogP contribution is 2.38. The summed E-state index contributed by atoms with van der Waals surface area (Å²) >= 11 is 0. The van der Waals surface area contributed by atoms with Gasteiger partial charge in [0.05, 0.1) is 28.5 Å². The van der Waals surface area contributed by atoms with Gasteiger partial charge in [0.15, 0.2) is 5.65 Å². The van der Waals surface area contributed by atoms with Crippen molar-refractivity contribution in [2.45, 2.75) is 46.3 Å². The summed E-state index contributed by atoms with van der Waals surface area (Å²) in [6.07, 6.45) is -1.18. The quantitative estimate of drug-likeness (QED) is 0.705. The molecule has 0 fully saturated rings. The highest BCUT2D eigenvalue weighted by Gasteiger charge is 2.36. The molecule has 5 nitrogen and oxygen atoms in total. The Hall–Kier alpha value is -2.38. The number of aryl methyl sites for hydroxylation is 3. The maximum Gasteiger partial charge on any atom is 0.417 e. The minimum atomic E-state index is -4.48. The van der Waals surface area contributed by atoms with Gasteiger partial charge in [0.25, 0.3) is 0 Å². The zero-order chi connectivity index (χ0) is 18.4. The van der Waals surface area contributed by atoms with Gasteiger partial charge in [0, 0.05) is 24.8 Å². The largest absolute Gasteiger partial charge is 0.417 e. The summed E-state index contributed by atoms with van der Waals surface area (Å²) < 4.78 is 44.2. The van der Waals surface area contributed by atoms with Crippen LogP contribution in [0.4, 0.5) is 13.2 Å². The highest BCUT2D eigenvalue weighted by molar-refractivity contribution is 5.86. The van der Waals surface area contributed by atoms with Crippen LogP contribution in [0.2, 0.25) is 0 Å². The van der Waals surface area contributed by atoms with Gasteiger partial charge < -0.3 is 0 Å². The van der Waals surface area contributed by atoms with E-state index in [1.165, 1.54) is 0 Å². The third-order valence-electron chi connectivity index (χ3n) is 4.42. The number of rotatable bonds is 4. The van der Waals surface area contributed by atoms with Gasteiger partial charge >= 0.3 is 6.18 Å². The molecule has 0 atom stereocenters. The number of nitrogens with zero attached hydrogens (tertiary/aromatic N) is 5. The summed E-state index contributed by atoms with van der Waals surface area (Å²) in [5.74, 6) is 0. The van der Waals surface area contributed by atoms with Gasteiger partial charge in [-0.2, -0.15) is 23.4 Å². The Balaban J connectivity index is 2.31. The smallest absolute Gasteiger partial charge is 0.272 e. The lowest BCUT2D eigenvalue weighted by Gasteiger charge is -2.11. The predicted molar refractivity (Wildman–Crippen MR) is 89.1 cm³/mol. The number of fused-ring (bicyclic) bond motifs is 1. The molecular formula is C17H20F3N5. The molecule has 134 valence electrons. The molecule has 0 unspecified atom stereocenters. The number of pyridine rings is 1. The van der Waals surface area contributed by atoms with Crippen LogP contribution in [0.5, 0.6) is 0 Å². The van der Waals surface area contributed by atoms with Crippen molar-refractivity contribution in [3.63, 3.8) is 0 Å². The monoisotopic (exact) mass is 351 g/mol. The van der Waals surface area contributed by atoms with E-state index in [1.807, 2.05) is 6.92 Å². The van der Waals surface area contributed by atoms with E-state index in [-0.39, 0.29) is 16.7 Å². The summed E-state index contributed by atoms with van der Waals surface area (Å²) in [4.78, 5) is 4.51. The molecule has 3 rings (SSSR count). The zero-order valence-electron chi connectivity index (χ0n) is 14.6. The Kier molecular flexibility index (Phi) is 4.30. The molecule has 0 aliphatic rings. The minimum Gasteiger partial charge on any atom is -0.272 e. The van der Waals surface area contributed by atoms with E-state index in [4.69, 9.17) is 0 Å². The summed E-state index contributed by atoms with van der Waals surface area (Å²) in [6, 6.07) is 1.10. The molecular weight excluding hydrogens is 331 g/mol. The number of hydrogen-bond donors (Lipinski definition) is 0. The first kappa shape index (κ1) is 17.4.